The summed E-state index contributed by atoms with van der Waals surface area (Å²) in [5, 5.41) is 11.7. The van der Waals surface area contributed by atoms with Crippen LogP contribution >= 0.6 is 0 Å². The zero-order chi connectivity index (χ0) is 14.3. The summed E-state index contributed by atoms with van der Waals surface area (Å²) < 4.78 is 10.9. The Balaban J connectivity index is 2.81. The summed E-state index contributed by atoms with van der Waals surface area (Å²) in [6.07, 6.45) is 1.39. The minimum Gasteiger partial charge on any atom is -0.496 e. The molecule has 0 aliphatic carbocycles. The lowest BCUT2D eigenvalue weighted by Gasteiger charge is -2.17. The molecule has 104 valence electrons. The molecule has 19 heavy (non-hydrogen) atoms. The molecule has 4 heteroatoms. The molecule has 0 spiro atoms. The molecule has 1 aromatic rings. The number of hydrogen-bond acceptors (Lipinski definition) is 4. The number of nitriles is 1. The van der Waals surface area contributed by atoms with Gasteiger partial charge in [0.2, 0.25) is 0 Å². The number of nitrogens with one attached hydrogen (secondary N) is 1. The van der Waals surface area contributed by atoms with Crippen molar-refractivity contribution in [2.45, 2.75) is 26.7 Å². The Bertz CT molecular complexity index is 464. The molecule has 1 rings (SSSR count). The smallest absolute Gasteiger partial charge is 0.125 e. The van der Waals surface area contributed by atoms with E-state index in [2.05, 4.69) is 11.4 Å². The van der Waals surface area contributed by atoms with Crippen molar-refractivity contribution in [3.05, 3.63) is 22.8 Å². The molecular weight excluding hydrogens is 240 g/mol. The van der Waals surface area contributed by atoms with Crippen molar-refractivity contribution in [1.29, 1.82) is 5.26 Å². The van der Waals surface area contributed by atoms with Crippen LogP contribution in [0.4, 0.5) is 0 Å². The van der Waals surface area contributed by atoms with Crippen LogP contribution in [0.15, 0.2) is 6.07 Å². The van der Waals surface area contributed by atoms with Gasteiger partial charge in [-0.15, -0.1) is 0 Å². The van der Waals surface area contributed by atoms with E-state index in [1.54, 1.807) is 14.2 Å². The molecule has 0 bridgehead atoms. The maximum Gasteiger partial charge on any atom is 0.125 e. The SMILES string of the molecule is COc1cc(CCNCCC#N)c(OC)c(C)c1C. The third-order valence-electron chi connectivity index (χ3n) is 3.28. The first-order chi connectivity index (χ1) is 9.15. The monoisotopic (exact) mass is 262 g/mol. The van der Waals surface area contributed by atoms with Gasteiger partial charge in [-0.05, 0) is 49.6 Å². The Hall–Kier alpha value is -1.73. The van der Waals surface area contributed by atoms with Gasteiger partial charge in [0.1, 0.15) is 11.5 Å². The normalized spacial score (nSPS) is 10.1. The summed E-state index contributed by atoms with van der Waals surface area (Å²) in [5.74, 6) is 1.82. The van der Waals surface area contributed by atoms with Crippen molar-refractivity contribution in [2.75, 3.05) is 27.3 Å². The molecule has 0 radical (unpaired) electrons. The van der Waals surface area contributed by atoms with Gasteiger partial charge in [0.05, 0.1) is 20.3 Å². The quantitative estimate of drug-likeness (QED) is 0.766. The first-order valence-corrected chi connectivity index (χ1v) is 6.44. The van der Waals surface area contributed by atoms with E-state index in [-0.39, 0.29) is 0 Å². The fraction of sp³-hybridized carbons (Fsp3) is 0.533. The van der Waals surface area contributed by atoms with E-state index in [0.717, 1.165) is 47.7 Å². The van der Waals surface area contributed by atoms with E-state index < -0.39 is 0 Å². The van der Waals surface area contributed by atoms with Crippen LogP contribution in [0, 0.1) is 25.2 Å². The van der Waals surface area contributed by atoms with Gasteiger partial charge >= 0.3 is 0 Å². The van der Waals surface area contributed by atoms with Gasteiger partial charge in [-0.2, -0.15) is 5.26 Å². The van der Waals surface area contributed by atoms with Crippen LogP contribution in [-0.2, 0) is 6.42 Å². The van der Waals surface area contributed by atoms with Gasteiger partial charge in [-0.1, -0.05) is 0 Å². The van der Waals surface area contributed by atoms with E-state index >= 15 is 0 Å². The molecule has 4 nitrogen and oxygen atoms in total. The Morgan fingerprint density at radius 2 is 1.89 bits per heavy atom. The number of methoxy groups -OCH3 is 2. The second kappa shape index (κ2) is 7.65. The first-order valence-electron chi connectivity index (χ1n) is 6.44. The molecule has 0 saturated carbocycles. The Kier molecular flexibility index (Phi) is 6.17. The van der Waals surface area contributed by atoms with Gasteiger partial charge in [-0.3, -0.25) is 0 Å². The molecule has 0 amide bonds. The molecule has 0 aromatic heterocycles. The van der Waals surface area contributed by atoms with Crippen molar-refractivity contribution >= 4 is 0 Å². The maximum absolute atomic E-state index is 8.47. The fourth-order valence-corrected chi connectivity index (χ4v) is 2.10. The minimum atomic E-state index is 0.535. The molecule has 1 N–H and O–H groups in total. The average Bonchev–Trinajstić information content (AvgIpc) is 2.42. The third kappa shape index (κ3) is 3.87. The van der Waals surface area contributed by atoms with E-state index in [4.69, 9.17) is 14.7 Å². The average molecular weight is 262 g/mol. The Labute approximate surface area is 115 Å². The fourth-order valence-electron chi connectivity index (χ4n) is 2.10. The summed E-state index contributed by atoms with van der Waals surface area (Å²) >= 11 is 0. The highest BCUT2D eigenvalue weighted by atomic mass is 16.5. The van der Waals surface area contributed by atoms with Gasteiger partial charge < -0.3 is 14.8 Å². The van der Waals surface area contributed by atoms with Gasteiger partial charge in [-0.25, -0.2) is 0 Å². The molecule has 1 aromatic carbocycles. The van der Waals surface area contributed by atoms with Gasteiger partial charge in [0.25, 0.3) is 0 Å². The molecule has 0 heterocycles. The van der Waals surface area contributed by atoms with Crippen LogP contribution in [0.5, 0.6) is 11.5 Å². The topological polar surface area (TPSA) is 54.3 Å². The zero-order valence-corrected chi connectivity index (χ0v) is 12.2. The van der Waals surface area contributed by atoms with Crippen molar-refractivity contribution in [1.82, 2.24) is 5.32 Å². The molecule has 0 aliphatic rings. The van der Waals surface area contributed by atoms with Crippen LogP contribution in [0.2, 0.25) is 0 Å². The summed E-state index contributed by atoms with van der Waals surface area (Å²) in [5.41, 5.74) is 3.36. The zero-order valence-electron chi connectivity index (χ0n) is 12.2. The third-order valence-corrected chi connectivity index (χ3v) is 3.28. The van der Waals surface area contributed by atoms with Crippen molar-refractivity contribution in [3.63, 3.8) is 0 Å². The highest BCUT2D eigenvalue weighted by molar-refractivity contribution is 5.52. The van der Waals surface area contributed by atoms with Gasteiger partial charge in [0.15, 0.2) is 0 Å². The lowest BCUT2D eigenvalue weighted by atomic mass is 10.0. The molecule has 0 atom stereocenters. The van der Waals surface area contributed by atoms with Crippen molar-refractivity contribution < 1.29 is 9.47 Å². The van der Waals surface area contributed by atoms with Crippen LogP contribution in [0.3, 0.4) is 0 Å². The molecule has 0 aliphatic heterocycles. The van der Waals surface area contributed by atoms with Crippen LogP contribution in [0.1, 0.15) is 23.1 Å². The van der Waals surface area contributed by atoms with Crippen molar-refractivity contribution in [2.24, 2.45) is 0 Å². The van der Waals surface area contributed by atoms with E-state index in [9.17, 15) is 0 Å². The number of ether oxygens (including phenoxy) is 2. The predicted molar refractivity (Wildman–Crippen MR) is 75.8 cm³/mol. The highest BCUT2D eigenvalue weighted by Crippen LogP contribution is 2.33. The van der Waals surface area contributed by atoms with E-state index in [1.165, 1.54) is 0 Å². The summed E-state index contributed by atoms with van der Waals surface area (Å²) in [6.45, 7) is 5.62. The molecular formula is C15H22N2O2. The number of hydrogen-bond donors (Lipinski definition) is 1. The maximum atomic E-state index is 8.47. The highest BCUT2D eigenvalue weighted by Gasteiger charge is 2.13. The molecule has 0 unspecified atom stereocenters. The summed E-state index contributed by atoms with van der Waals surface area (Å²) in [7, 11) is 3.38. The summed E-state index contributed by atoms with van der Waals surface area (Å²) in [4.78, 5) is 0. The molecule has 0 fully saturated rings. The van der Waals surface area contributed by atoms with E-state index in [0.29, 0.717) is 6.42 Å². The van der Waals surface area contributed by atoms with Crippen molar-refractivity contribution in [3.8, 4) is 17.6 Å². The second-order valence-corrected chi connectivity index (χ2v) is 4.43. The van der Waals surface area contributed by atoms with Crippen LogP contribution in [-0.4, -0.2) is 27.3 Å². The number of nitrogens with zero attached hydrogens (tertiary/aromatic N) is 1. The Morgan fingerprint density at radius 1 is 1.16 bits per heavy atom. The standard InChI is InChI=1S/C15H22N2O2/c1-11-12(2)15(19-4)13(10-14(11)18-3)6-9-17-8-5-7-16/h10,17H,5-6,8-9H2,1-4H3. The molecule has 0 saturated heterocycles. The lowest BCUT2D eigenvalue weighted by molar-refractivity contribution is 0.393. The largest absolute Gasteiger partial charge is 0.496 e. The van der Waals surface area contributed by atoms with Crippen LogP contribution in [0.25, 0.3) is 0 Å². The minimum absolute atomic E-state index is 0.535. The second-order valence-electron chi connectivity index (χ2n) is 4.43. The predicted octanol–water partition coefficient (Wildman–Crippen LogP) is 2.37. The Morgan fingerprint density at radius 3 is 2.47 bits per heavy atom. The summed E-state index contributed by atoms with van der Waals surface area (Å²) in [6, 6.07) is 4.15. The lowest BCUT2D eigenvalue weighted by Crippen LogP contribution is -2.18. The number of benzene rings is 1. The van der Waals surface area contributed by atoms with E-state index in [1.807, 2.05) is 19.9 Å². The van der Waals surface area contributed by atoms with Crippen LogP contribution < -0.4 is 14.8 Å². The number of rotatable bonds is 7. The van der Waals surface area contributed by atoms with Gasteiger partial charge in [0, 0.05) is 13.0 Å². The first kappa shape index (κ1) is 15.3.